The van der Waals surface area contributed by atoms with Gasteiger partial charge in [0.05, 0.1) is 17.2 Å². The molecule has 2 atom stereocenters. The maximum Gasteiger partial charge on any atom is 0.258 e. The van der Waals surface area contributed by atoms with Crippen LogP contribution in [0.2, 0.25) is 0 Å². The summed E-state index contributed by atoms with van der Waals surface area (Å²) in [5, 5.41) is 12.7. The van der Waals surface area contributed by atoms with E-state index in [1.807, 2.05) is 78.9 Å². The van der Waals surface area contributed by atoms with E-state index >= 15 is 0 Å². The molecule has 3 amide bonds. The highest BCUT2D eigenvalue weighted by atomic mass is 16.2. The minimum absolute atomic E-state index is 0.255. The zero-order valence-electron chi connectivity index (χ0n) is 28.8. The Morgan fingerprint density at radius 2 is 1.35 bits per heavy atom. The minimum atomic E-state index is -1.04. The summed E-state index contributed by atoms with van der Waals surface area (Å²) in [5.74, 6) is -2.30. The third-order valence-electron chi connectivity index (χ3n) is 9.60. The molecule has 0 spiro atoms. The summed E-state index contributed by atoms with van der Waals surface area (Å²) in [6.45, 7) is 3.18. The summed E-state index contributed by atoms with van der Waals surface area (Å²) < 4.78 is 0. The molecule has 0 radical (unpaired) electrons. The highest BCUT2D eigenvalue weighted by Gasteiger charge is 2.35. The Morgan fingerprint density at radius 3 is 2.02 bits per heavy atom. The van der Waals surface area contributed by atoms with Gasteiger partial charge in [-0.2, -0.15) is 0 Å². The van der Waals surface area contributed by atoms with Gasteiger partial charge in [-0.15, -0.1) is 0 Å². The third-order valence-corrected chi connectivity index (χ3v) is 9.60. The Morgan fingerprint density at radius 1 is 0.712 bits per heavy atom. The smallest absolute Gasteiger partial charge is 0.258 e. The summed E-state index contributed by atoms with van der Waals surface area (Å²) in [6, 6.07) is 40.6. The second-order valence-electron chi connectivity index (χ2n) is 13.3. The number of primary amides is 1. The van der Waals surface area contributed by atoms with E-state index in [0.29, 0.717) is 39.5 Å². The van der Waals surface area contributed by atoms with Crippen LogP contribution in [0, 0.1) is 0 Å². The summed E-state index contributed by atoms with van der Waals surface area (Å²) in [6.07, 6.45) is 3.79. The quantitative estimate of drug-likeness (QED) is 0.0875. The number of benzene rings is 5. The Hall–Kier alpha value is -6.19. The van der Waals surface area contributed by atoms with Crippen molar-refractivity contribution in [3.05, 3.63) is 156 Å². The highest BCUT2D eigenvalue weighted by molar-refractivity contribution is 6.37. The fraction of sp³-hybridized carbons (Fsp3) is 0.186. The van der Waals surface area contributed by atoms with Gasteiger partial charge in [0.1, 0.15) is 6.04 Å². The Labute approximate surface area is 303 Å². The first kappa shape index (κ1) is 34.3. The molecule has 0 bridgehead atoms. The van der Waals surface area contributed by atoms with Gasteiger partial charge in [-0.1, -0.05) is 97.4 Å². The van der Waals surface area contributed by atoms with Crippen molar-refractivity contribution >= 4 is 51.7 Å². The van der Waals surface area contributed by atoms with Gasteiger partial charge < -0.3 is 27.0 Å². The zero-order chi connectivity index (χ0) is 35.9. The molecule has 9 nitrogen and oxygen atoms in total. The van der Waals surface area contributed by atoms with Crippen molar-refractivity contribution in [3.8, 4) is 0 Å². The largest absolute Gasteiger partial charge is 0.373 e. The molecule has 2 aliphatic heterocycles. The summed E-state index contributed by atoms with van der Waals surface area (Å²) in [4.78, 5) is 43.3. The molecule has 52 heavy (non-hydrogen) atoms. The predicted octanol–water partition coefficient (Wildman–Crippen LogP) is 7.29. The Bertz CT molecular complexity index is 2060. The number of carbonyl (C=O) groups excluding carboxylic acids is 3. The average Bonchev–Trinajstić information content (AvgIpc) is 3.50. The number of amides is 3. The molecular formula is C43H42N6O3. The topological polar surface area (TPSA) is 129 Å². The van der Waals surface area contributed by atoms with E-state index in [2.05, 4.69) is 50.4 Å². The SMILES string of the molecule is NC(=O)C(Nc1ccccc1)C(C(=O)Nc1ccc2c(c1)C(=C(Nc1ccc(CN3CCCCC3)cc1)c1ccccc1)C(=O)N2)c1ccccc1. The first-order valence-electron chi connectivity index (χ1n) is 17.7. The van der Waals surface area contributed by atoms with E-state index in [-0.39, 0.29) is 5.91 Å². The molecule has 2 heterocycles. The number of fused-ring (bicyclic) bond motifs is 1. The van der Waals surface area contributed by atoms with Gasteiger partial charge in [0.2, 0.25) is 11.8 Å². The molecule has 2 unspecified atom stereocenters. The minimum Gasteiger partial charge on any atom is -0.373 e. The lowest BCUT2D eigenvalue weighted by molar-refractivity contribution is -0.124. The van der Waals surface area contributed by atoms with Gasteiger partial charge in [-0.3, -0.25) is 19.3 Å². The van der Waals surface area contributed by atoms with E-state index in [4.69, 9.17) is 5.73 Å². The molecule has 0 aliphatic carbocycles. The monoisotopic (exact) mass is 690 g/mol. The van der Waals surface area contributed by atoms with Crippen LogP contribution in [0.3, 0.4) is 0 Å². The standard InChI is InChI=1S/C43H42N6O3/c44-41(50)40(46-32-17-9-3-10-18-32)37(30-13-5-1-6-14-30)42(51)47-34-23-24-36-35(27-34)38(43(52)48-36)39(31-15-7-2-8-16-31)45-33-21-19-29(20-22-33)28-49-25-11-4-12-26-49/h1-3,5-10,13-24,27,37,40,45-46H,4,11-12,25-26,28H2,(H2,44,50)(H,47,51)(H,48,52). The van der Waals surface area contributed by atoms with Crippen LogP contribution in [0.25, 0.3) is 11.3 Å². The molecule has 1 saturated heterocycles. The van der Waals surface area contributed by atoms with Crippen LogP contribution >= 0.6 is 0 Å². The summed E-state index contributed by atoms with van der Waals surface area (Å²) >= 11 is 0. The number of hydrogen-bond donors (Lipinski definition) is 5. The number of hydrogen-bond acceptors (Lipinski definition) is 6. The van der Waals surface area contributed by atoms with Crippen molar-refractivity contribution < 1.29 is 14.4 Å². The van der Waals surface area contributed by atoms with Gasteiger partial charge in [0.15, 0.2) is 0 Å². The van der Waals surface area contributed by atoms with Crippen LogP contribution in [0.5, 0.6) is 0 Å². The van der Waals surface area contributed by atoms with Crippen LogP contribution in [0.4, 0.5) is 22.7 Å². The normalized spacial score (nSPS) is 16.2. The number of rotatable bonds is 12. The number of nitrogens with zero attached hydrogens (tertiary/aromatic N) is 1. The molecule has 0 saturated carbocycles. The number of likely N-dealkylation sites (tertiary alicyclic amines) is 1. The van der Waals surface area contributed by atoms with Crippen LogP contribution in [0.15, 0.2) is 133 Å². The molecule has 0 aromatic heterocycles. The zero-order valence-corrected chi connectivity index (χ0v) is 28.8. The van der Waals surface area contributed by atoms with Crippen LogP contribution in [0.1, 0.15) is 47.4 Å². The summed E-state index contributed by atoms with van der Waals surface area (Å²) in [5.41, 5.74) is 13.0. The van der Waals surface area contributed by atoms with Crippen LogP contribution in [-0.4, -0.2) is 41.8 Å². The molecule has 2 aliphatic rings. The molecule has 1 fully saturated rings. The van der Waals surface area contributed by atoms with Crippen molar-refractivity contribution in [1.29, 1.82) is 0 Å². The van der Waals surface area contributed by atoms with Crippen LogP contribution < -0.4 is 27.0 Å². The Balaban J connectivity index is 1.20. The van der Waals surface area contributed by atoms with Crippen molar-refractivity contribution in [2.75, 3.05) is 34.4 Å². The van der Waals surface area contributed by atoms with Crippen molar-refractivity contribution in [3.63, 3.8) is 0 Å². The predicted molar refractivity (Wildman–Crippen MR) is 208 cm³/mol. The fourth-order valence-corrected chi connectivity index (χ4v) is 7.00. The lowest BCUT2D eigenvalue weighted by atomic mass is 9.89. The second-order valence-corrected chi connectivity index (χ2v) is 13.3. The van der Waals surface area contributed by atoms with Gasteiger partial charge in [0, 0.05) is 34.9 Å². The molecular weight excluding hydrogens is 649 g/mol. The first-order valence-corrected chi connectivity index (χ1v) is 17.7. The Kier molecular flexibility index (Phi) is 10.4. The lowest BCUT2D eigenvalue weighted by Crippen LogP contribution is -2.45. The molecule has 7 rings (SSSR count). The maximum absolute atomic E-state index is 14.2. The second kappa shape index (κ2) is 15.8. The molecule has 6 N–H and O–H groups in total. The maximum atomic E-state index is 14.2. The number of nitrogens with one attached hydrogen (secondary N) is 4. The van der Waals surface area contributed by atoms with E-state index in [1.54, 1.807) is 30.3 Å². The molecule has 5 aromatic carbocycles. The van der Waals surface area contributed by atoms with Crippen molar-refractivity contribution in [2.24, 2.45) is 5.73 Å². The van der Waals surface area contributed by atoms with E-state index < -0.39 is 23.8 Å². The highest BCUT2D eigenvalue weighted by Crippen LogP contribution is 2.39. The van der Waals surface area contributed by atoms with Gasteiger partial charge >= 0.3 is 0 Å². The number of nitrogens with two attached hydrogens (primary N) is 1. The van der Waals surface area contributed by atoms with E-state index in [1.165, 1.54) is 24.8 Å². The van der Waals surface area contributed by atoms with Crippen LogP contribution in [-0.2, 0) is 20.9 Å². The van der Waals surface area contributed by atoms with Gasteiger partial charge in [0.25, 0.3) is 5.91 Å². The number of anilines is 4. The van der Waals surface area contributed by atoms with Gasteiger partial charge in [-0.05, 0) is 85.1 Å². The fourth-order valence-electron chi connectivity index (χ4n) is 7.00. The third kappa shape index (κ3) is 7.90. The van der Waals surface area contributed by atoms with E-state index in [0.717, 1.165) is 30.9 Å². The van der Waals surface area contributed by atoms with Gasteiger partial charge in [-0.25, -0.2) is 0 Å². The first-order chi connectivity index (χ1) is 25.4. The van der Waals surface area contributed by atoms with Crippen molar-refractivity contribution in [1.82, 2.24) is 4.90 Å². The number of para-hydroxylation sites is 1. The summed E-state index contributed by atoms with van der Waals surface area (Å²) in [7, 11) is 0. The molecule has 262 valence electrons. The average molecular weight is 691 g/mol. The van der Waals surface area contributed by atoms with E-state index in [9.17, 15) is 14.4 Å². The van der Waals surface area contributed by atoms with Crippen molar-refractivity contribution in [2.45, 2.75) is 37.8 Å². The lowest BCUT2D eigenvalue weighted by Gasteiger charge is -2.26. The number of carbonyl (C=O) groups is 3. The molecule has 9 heteroatoms. The number of piperidine rings is 1. The molecule has 5 aromatic rings.